The minimum Gasteiger partial charge on any atom is -0.126 e. The molecule has 21 heavy (non-hydrogen) atoms. The molecule has 0 spiro atoms. The lowest BCUT2D eigenvalue weighted by Gasteiger charge is -2.19. The van der Waals surface area contributed by atoms with Crippen molar-refractivity contribution in [2.75, 3.05) is 0 Å². The van der Waals surface area contributed by atoms with Crippen LogP contribution in [0.25, 0.3) is 0 Å². The quantitative estimate of drug-likeness (QED) is 0.375. The van der Waals surface area contributed by atoms with E-state index in [9.17, 15) is 0 Å². The molecule has 0 aliphatic rings. The molecule has 0 unspecified atom stereocenters. The molecular weight excluding hydrogens is 268 g/mol. The Morgan fingerprint density at radius 2 is 1.33 bits per heavy atom. The van der Waals surface area contributed by atoms with Gasteiger partial charge < -0.3 is 0 Å². The van der Waals surface area contributed by atoms with E-state index in [0.717, 1.165) is 17.5 Å². The Kier molecular flexibility index (Phi) is 7.95. The first-order chi connectivity index (χ1) is 10.2. The van der Waals surface area contributed by atoms with E-state index in [-0.39, 0.29) is 0 Å². The highest BCUT2D eigenvalue weighted by molar-refractivity contribution is 6.87. The lowest BCUT2D eigenvalue weighted by Crippen LogP contribution is -2.29. The molecule has 0 fully saturated rings. The summed E-state index contributed by atoms with van der Waals surface area (Å²) in [4.78, 5) is 0. The summed E-state index contributed by atoms with van der Waals surface area (Å²) in [6.07, 6.45) is 3.39. The number of hydrogen-bond donors (Lipinski definition) is 0. The minimum absolute atomic E-state index is 0.996. The van der Waals surface area contributed by atoms with Crippen LogP contribution in [-0.2, 0) is 0 Å². The third-order valence-corrected chi connectivity index (χ3v) is 8.99. The molecule has 0 saturated heterocycles. The summed E-state index contributed by atoms with van der Waals surface area (Å²) in [5.41, 5.74) is 5.86. The van der Waals surface area contributed by atoms with Gasteiger partial charge in [0.25, 0.3) is 0 Å². The van der Waals surface area contributed by atoms with E-state index in [4.69, 9.17) is 0 Å². The fourth-order valence-electron chi connectivity index (χ4n) is 2.29. The van der Waals surface area contributed by atoms with Crippen molar-refractivity contribution in [1.29, 1.82) is 0 Å². The SMILES string of the molecule is CCCCC#Cc1ccc(C#C[Si](CC)(CC)CC)cc1. The summed E-state index contributed by atoms with van der Waals surface area (Å²) in [5, 5.41) is 0. The summed E-state index contributed by atoms with van der Waals surface area (Å²) < 4.78 is 0. The average Bonchev–Trinajstić information content (AvgIpc) is 2.55. The van der Waals surface area contributed by atoms with Crippen molar-refractivity contribution in [2.24, 2.45) is 0 Å². The van der Waals surface area contributed by atoms with Gasteiger partial charge in [0.1, 0.15) is 8.07 Å². The Balaban J connectivity index is 2.77. The Morgan fingerprint density at radius 1 is 0.810 bits per heavy atom. The number of rotatable bonds is 5. The maximum absolute atomic E-state index is 3.63. The zero-order valence-electron chi connectivity index (χ0n) is 14.1. The van der Waals surface area contributed by atoms with Gasteiger partial charge >= 0.3 is 0 Å². The molecule has 0 bridgehead atoms. The molecule has 1 heteroatoms. The summed E-state index contributed by atoms with van der Waals surface area (Å²) in [6, 6.07) is 12.2. The van der Waals surface area contributed by atoms with E-state index in [1.807, 2.05) is 0 Å². The first-order valence-electron chi connectivity index (χ1n) is 8.31. The smallest absolute Gasteiger partial charge is 0.126 e. The van der Waals surface area contributed by atoms with Crippen molar-refractivity contribution in [2.45, 2.75) is 65.1 Å². The van der Waals surface area contributed by atoms with E-state index in [0.29, 0.717) is 0 Å². The average molecular weight is 297 g/mol. The van der Waals surface area contributed by atoms with Gasteiger partial charge in [-0.05, 0) is 48.8 Å². The molecule has 0 N–H and O–H groups in total. The fourth-order valence-corrected chi connectivity index (χ4v) is 4.73. The molecular formula is C20H28Si. The predicted octanol–water partition coefficient (Wildman–Crippen LogP) is 5.63. The van der Waals surface area contributed by atoms with Crippen molar-refractivity contribution in [3.8, 4) is 23.3 Å². The lowest BCUT2D eigenvalue weighted by atomic mass is 10.1. The van der Waals surface area contributed by atoms with Gasteiger partial charge in [0.05, 0.1) is 0 Å². The molecule has 1 aromatic rings. The molecule has 0 atom stereocenters. The van der Waals surface area contributed by atoms with Gasteiger partial charge in [-0.3, -0.25) is 0 Å². The maximum Gasteiger partial charge on any atom is 0.138 e. The van der Waals surface area contributed by atoms with Gasteiger partial charge in [-0.1, -0.05) is 51.9 Å². The summed E-state index contributed by atoms with van der Waals surface area (Å²) in [5.74, 6) is 9.86. The van der Waals surface area contributed by atoms with Crippen LogP contribution in [-0.4, -0.2) is 8.07 Å². The maximum atomic E-state index is 3.63. The van der Waals surface area contributed by atoms with Crippen LogP contribution < -0.4 is 0 Å². The van der Waals surface area contributed by atoms with Crippen molar-refractivity contribution in [3.63, 3.8) is 0 Å². The molecule has 112 valence electrons. The van der Waals surface area contributed by atoms with Gasteiger partial charge in [0, 0.05) is 17.5 Å². The van der Waals surface area contributed by atoms with Gasteiger partial charge in [0.2, 0.25) is 0 Å². The van der Waals surface area contributed by atoms with Crippen molar-refractivity contribution < 1.29 is 0 Å². The topological polar surface area (TPSA) is 0 Å². The summed E-state index contributed by atoms with van der Waals surface area (Å²) >= 11 is 0. The van der Waals surface area contributed by atoms with Gasteiger partial charge in [-0.15, -0.1) is 5.54 Å². The van der Waals surface area contributed by atoms with Crippen LogP contribution in [0.4, 0.5) is 0 Å². The number of unbranched alkanes of at least 4 members (excludes halogenated alkanes) is 2. The zero-order valence-corrected chi connectivity index (χ0v) is 15.1. The molecule has 1 rings (SSSR count). The number of benzene rings is 1. The van der Waals surface area contributed by atoms with Gasteiger partial charge in [0.15, 0.2) is 0 Å². The van der Waals surface area contributed by atoms with Crippen LogP contribution in [0.5, 0.6) is 0 Å². The molecule has 0 radical (unpaired) electrons. The summed E-state index contributed by atoms with van der Waals surface area (Å²) in [6.45, 7) is 9.08. The third-order valence-electron chi connectivity index (χ3n) is 4.28. The Hall–Kier alpha value is -1.44. The van der Waals surface area contributed by atoms with Crippen molar-refractivity contribution in [1.82, 2.24) is 0 Å². The highest BCUT2D eigenvalue weighted by Crippen LogP contribution is 2.19. The molecule has 0 nitrogen and oxygen atoms in total. The first kappa shape index (κ1) is 17.6. The highest BCUT2D eigenvalue weighted by atomic mass is 28.3. The second-order valence-electron chi connectivity index (χ2n) is 5.57. The van der Waals surface area contributed by atoms with Crippen LogP contribution >= 0.6 is 0 Å². The zero-order chi connectivity index (χ0) is 15.6. The molecule has 0 saturated carbocycles. The molecule has 1 aromatic carbocycles. The van der Waals surface area contributed by atoms with Crippen molar-refractivity contribution in [3.05, 3.63) is 35.4 Å². The van der Waals surface area contributed by atoms with Crippen LogP contribution in [0.3, 0.4) is 0 Å². The fraction of sp³-hybridized carbons (Fsp3) is 0.500. The van der Waals surface area contributed by atoms with Crippen molar-refractivity contribution >= 4 is 8.07 Å². The normalized spacial score (nSPS) is 10.3. The molecule has 0 aliphatic carbocycles. The van der Waals surface area contributed by atoms with Gasteiger partial charge in [-0.25, -0.2) is 0 Å². The molecule has 0 amide bonds. The first-order valence-corrected chi connectivity index (χ1v) is 10.9. The Labute approximate surface area is 132 Å². The second-order valence-corrected chi connectivity index (χ2v) is 10.5. The van der Waals surface area contributed by atoms with Crippen LogP contribution in [0.2, 0.25) is 18.1 Å². The Morgan fingerprint density at radius 3 is 1.81 bits per heavy atom. The van der Waals surface area contributed by atoms with E-state index >= 15 is 0 Å². The highest BCUT2D eigenvalue weighted by Gasteiger charge is 2.23. The molecule has 0 aliphatic heterocycles. The largest absolute Gasteiger partial charge is 0.138 e. The van der Waals surface area contributed by atoms with Gasteiger partial charge in [-0.2, -0.15) is 0 Å². The van der Waals surface area contributed by atoms with E-state index in [1.165, 1.54) is 31.0 Å². The predicted molar refractivity (Wildman–Crippen MR) is 96.9 cm³/mol. The van der Waals surface area contributed by atoms with E-state index in [2.05, 4.69) is 75.3 Å². The number of hydrogen-bond acceptors (Lipinski definition) is 0. The van der Waals surface area contributed by atoms with E-state index in [1.54, 1.807) is 0 Å². The second kappa shape index (κ2) is 9.49. The monoisotopic (exact) mass is 296 g/mol. The Bertz CT molecular complexity index is 519. The standard InChI is InChI=1S/C20H28Si/c1-5-9-10-11-12-19-13-15-20(16-14-19)17-18-21(6-2,7-3)8-4/h13-16H,5-10H2,1-4H3. The third kappa shape index (κ3) is 5.82. The van der Waals surface area contributed by atoms with Crippen LogP contribution in [0.15, 0.2) is 24.3 Å². The molecule has 0 heterocycles. The lowest BCUT2D eigenvalue weighted by molar-refractivity contribution is 0.828. The summed E-state index contributed by atoms with van der Waals surface area (Å²) in [7, 11) is -1.33. The minimum atomic E-state index is -1.33. The molecule has 0 aromatic heterocycles. The van der Waals surface area contributed by atoms with E-state index < -0.39 is 8.07 Å². The van der Waals surface area contributed by atoms with Crippen LogP contribution in [0, 0.1) is 23.3 Å². The van der Waals surface area contributed by atoms with Crippen LogP contribution in [0.1, 0.15) is 58.1 Å².